The third-order valence-corrected chi connectivity index (χ3v) is 3.45. The highest BCUT2D eigenvalue weighted by Gasteiger charge is 1.89. The maximum absolute atomic E-state index is 4.97. The monoisotopic (exact) mass is 428 g/mol. The maximum Gasteiger partial charge on any atom is 0.316 e. The van der Waals surface area contributed by atoms with Crippen LogP contribution in [-0.4, -0.2) is 31.3 Å². The summed E-state index contributed by atoms with van der Waals surface area (Å²) in [7, 11) is 4.89. The average molecular weight is 429 g/mol. The molecule has 1 aromatic heterocycles. The van der Waals surface area contributed by atoms with Crippen molar-refractivity contribution >= 4 is 0 Å². The van der Waals surface area contributed by atoms with Crippen molar-refractivity contribution in [2.24, 2.45) is 0 Å². The molecule has 1 heterocycles. The first-order chi connectivity index (χ1) is 15.0. The Hall–Kier alpha value is -3.08. The van der Waals surface area contributed by atoms with E-state index < -0.39 is 0 Å². The fourth-order valence-electron chi connectivity index (χ4n) is 1.83. The zero-order chi connectivity index (χ0) is 24.1. The van der Waals surface area contributed by atoms with Gasteiger partial charge in [0.25, 0.3) is 0 Å². The lowest BCUT2D eigenvalue weighted by molar-refractivity contribution is 0.379. The van der Waals surface area contributed by atoms with E-state index in [1.165, 1.54) is 11.1 Å². The lowest BCUT2D eigenvalue weighted by atomic mass is 10.2. The van der Waals surface area contributed by atoms with Crippen molar-refractivity contribution in [3.8, 4) is 17.5 Å². The minimum atomic E-state index is 0.417. The molecule has 0 radical (unpaired) electrons. The van der Waals surface area contributed by atoms with Gasteiger partial charge >= 0.3 is 6.01 Å². The van der Waals surface area contributed by atoms with E-state index in [-0.39, 0.29) is 0 Å². The van der Waals surface area contributed by atoms with Gasteiger partial charge in [0.15, 0.2) is 0 Å². The van der Waals surface area contributed by atoms with E-state index in [1.807, 2.05) is 83.1 Å². The molecule has 31 heavy (non-hydrogen) atoms. The topological polar surface area (TPSA) is 53.5 Å². The third-order valence-electron chi connectivity index (χ3n) is 3.45. The Balaban J connectivity index is 0. The first kappa shape index (κ1) is 30.1. The average Bonchev–Trinajstić information content (AvgIpc) is 2.84. The van der Waals surface area contributed by atoms with Crippen LogP contribution in [-0.2, 0) is 0 Å². The highest BCUT2D eigenvalue weighted by atomic mass is 16.5. The Labute approximate surface area is 189 Å². The van der Waals surface area contributed by atoms with E-state index in [0.717, 1.165) is 17.1 Å². The molecular weight excluding hydrogens is 388 g/mol. The Morgan fingerprint density at radius 1 is 0.484 bits per heavy atom. The van der Waals surface area contributed by atoms with Gasteiger partial charge in [-0.15, -0.1) is 0 Å². The smallest absolute Gasteiger partial charge is 0.316 e. The quantitative estimate of drug-likeness (QED) is 0.456. The number of hydrogen-bond donors (Lipinski definition) is 0. The van der Waals surface area contributed by atoms with Gasteiger partial charge in [0.1, 0.15) is 11.5 Å². The normalized spacial score (nSPS) is 8.32. The summed E-state index contributed by atoms with van der Waals surface area (Å²) < 4.78 is 14.7. The summed E-state index contributed by atoms with van der Waals surface area (Å²) in [6.45, 7) is 14.0. The van der Waals surface area contributed by atoms with Gasteiger partial charge in [0.2, 0.25) is 0 Å². The van der Waals surface area contributed by atoms with Crippen molar-refractivity contribution in [2.45, 2.75) is 48.5 Å². The molecule has 3 rings (SSSR count). The minimum absolute atomic E-state index is 0.417. The van der Waals surface area contributed by atoms with E-state index in [9.17, 15) is 0 Å². The van der Waals surface area contributed by atoms with Crippen LogP contribution in [0.1, 0.15) is 44.4 Å². The molecule has 3 aromatic rings. The number of aryl methyl sites for hydroxylation is 3. The summed E-state index contributed by atoms with van der Waals surface area (Å²) in [6, 6.07) is 16.3. The Morgan fingerprint density at radius 2 is 0.806 bits per heavy atom. The van der Waals surface area contributed by atoms with Crippen LogP contribution in [0.4, 0.5) is 0 Å². The van der Waals surface area contributed by atoms with Crippen LogP contribution in [0.25, 0.3) is 0 Å². The number of aromatic nitrogens is 2. The van der Waals surface area contributed by atoms with Gasteiger partial charge in [0.05, 0.1) is 21.3 Å². The molecule has 0 saturated heterocycles. The van der Waals surface area contributed by atoms with E-state index >= 15 is 0 Å². The molecule has 0 unspecified atom stereocenters. The molecule has 0 amide bonds. The lowest BCUT2D eigenvalue weighted by Crippen LogP contribution is -1.90. The number of benzene rings is 2. The van der Waals surface area contributed by atoms with Gasteiger partial charge in [-0.25, -0.2) is 9.97 Å². The van der Waals surface area contributed by atoms with Crippen molar-refractivity contribution in [1.82, 2.24) is 9.97 Å². The first-order valence-corrected chi connectivity index (χ1v) is 10.5. The van der Waals surface area contributed by atoms with Crippen LogP contribution < -0.4 is 14.2 Å². The maximum atomic E-state index is 4.97. The summed E-state index contributed by atoms with van der Waals surface area (Å²) in [5, 5.41) is 0. The van der Waals surface area contributed by atoms with Crippen molar-refractivity contribution < 1.29 is 14.2 Å². The molecule has 0 aliphatic rings. The molecule has 0 N–H and O–H groups in total. The molecule has 5 nitrogen and oxygen atoms in total. The van der Waals surface area contributed by atoms with E-state index in [1.54, 1.807) is 33.7 Å². The molecule has 0 saturated carbocycles. The second-order valence-electron chi connectivity index (χ2n) is 5.78. The summed E-state index contributed by atoms with van der Waals surface area (Å²) >= 11 is 0. The molecule has 0 bridgehead atoms. The van der Waals surface area contributed by atoms with Crippen LogP contribution >= 0.6 is 0 Å². The zero-order valence-electron chi connectivity index (χ0n) is 20.9. The van der Waals surface area contributed by atoms with Gasteiger partial charge in [0, 0.05) is 12.4 Å². The van der Waals surface area contributed by atoms with Crippen LogP contribution in [0, 0.1) is 20.8 Å². The predicted molar refractivity (Wildman–Crippen MR) is 131 cm³/mol. The second kappa shape index (κ2) is 20.2. The summed E-state index contributed by atoms with van der Waals surface area (Å²) in [5.74, 6) is 1.83. The zero-order valence-corrected chi connectivity index (χ0v) is 20.9. The molecule has 0 aliphatic carbocycles. The molecular formula is C26H40N2O3. The number of hydrogen-bond acceptors (Lipinski definition) is 5. The SMILES string of the molecule is CC.CC.COc1ccc(C)cc1.COc1ccc(C)cc1.COc1ncc(C)cn1. The van der Waals surface area contributed by atoms with E-state index in [0.29, 0.717) is 6.01 Å². The molecule has 0 aliphatic heterocycles. The summed E-state index contributed by atoms with van der Waals surface area (Å²) in [4.78, 5) is 7.73. The predicted octanol–water partition coefficient (Wildman–Crippen LogP) is 6.85. The Morgan fingerprint density at radius 3 is 1.06 bits per heavy atom. The molecule has 172 valence electrons. The van der Waals surface area contributed by atoms with Crippen molar-refractivity contribution in [1.29, 1.82) is 0 Å². The highest BCUT2D eigenvalue weighted by Crippen LogP contribution is 2.10. The van der Waals surface area contributed by atoms with Gasteiger partial charge in [-0.2, -0.15) is 0 Å². The first-order valence-electron chi connectivity index (χ1n) is 10.5. The van der Waals surface area contributed by atoms with Crippen LogP contribution in [0.5, 0.6) is 17.5 Å². The fourth-order valence-corrected chi connectivity index (χ4v) is 1.83. The molecule has 2 aromatic carbocycles. The number of rotatable bonds is 3. The largest absolute Gasteiger partial charge is 0.497 e. The Bertz CT molecular complexity index is 648. The molecule has 0 atom stereocenters. The number of methoxy groups -OCH3 is 3. The van der Waals surface area contributed by atoms with Gasteiger partial charge in [-0.3, -0.25) is 0 Å². The van der Waals surface area contributed by atoms with Crippen molar-refractivity contribution in [3.05, 3.63) is 77.6 Å². The summed E-state index contributed by atoms with van der Waals surface area (Å²) in [5.41, 5.74) is 3.56. The van der Waals surface area contributed by atoms with E-state index in [4.69, 9.17) is 14.2 Å². The summed E-state index contributed by atoms with van der Waals surface area (Å²) in [6.07, 6.45) is 3.43. The van der Waals surface area contributed by atoms with Crippen molar-refractivity contribution in [3.63, 3.8) is 0 Å². The van der Waals surface area contributed by atoms with Crippen LogP contribution in [0.15, 0.2) is 60.9 Å². The fraction of sp³-hybridized carbons (Fsp3) is 0.385. The second-order valence-corrected chi connectivity index (χ2v) is 5.78. The van der Waals surface area contributed by atoms with Gasteiger partial charge in [-0.05, 0) is 50.6 Å². The highest BCUT2D eigenvalue weighted by molar-refractivity contribution is 5.26. The lowest BCUT2D eigenvalue weighted by Gasteiger charge is -1.97. The number of ether oxygens (including phenoxy) is 3. The standard InChI is InChI=1S/2C8H10O.C6H8N2O.2C2H6/c2*1-7-3-5-8(9-2)6-4-7;1-5-3-7-6(9-2)8-4-5;2*1-2/h2*3-6H,1-2H3;3-4H,1-2H3;2*1-2H3. The van der Waals surface area contributed by atoms with Crippen molar-refractivity contribution in [2.75, 3.05) is 21.3 Å². The van der Waals surface area contributed by atoms with Crippen LogP contribution in [0.3, 0.4) is 0 Å². The van der Waals surface area contributed by atoms with E-state index in [2.05, 4.69) is 23.8 Å². The molecule has 5 heteroatoms. The Kier molecular flexibility index (Phi) is 19.6. The molecule has 0 fully saturated rings. The third kappa shape index (κ3) is 15.4. The van der Waals surface area contributed by atoms with Gasteiger partial charge in [-0.1, -0.05) is 63.1 Å². The van der Waals surface area contributed by atoms with Gasteiger partial charge < -0.3 is 14.2 Å². The minimum Gasteiger partial charge on any atom is -0.497 e. The number of nitrogens with zero attached hydrogens (tertiary/aromatic N) is 2. The van der Waals surface area contributed by atoms with Crippen LogP contribution in [0.2, 0.25) is 0 Å². The molecule has 0 spiro atoms.